The molecule has 6 heteroatoms. The highest BCUT2D eigenvalue weighted by atomic mass is 79.9. The van der Waals surface area contributed by atoms with Crippen molar-refractivity contribution in [3.05, 3.63) is 26.6 Å². The quantitative estimate of drug-likeness (QED) is 0.578. The predicted molar refractivity (Wildman–Crippen MR) is 84.7 cm³/mol. The van der Waals surface area contributed by atoms with Crippen LogP contribution in [-0.4, -0.2) is 31.6 Å². The van der Waals surface area contributed by atoms with Gasteiger partial charge in [0.15, 0.2) is 0 Å². The number of esters is 1. The van der Waals surface area contributed by atoms with Crippen molar-refractivity contribution in [2.75, 3.05) is 31.0 Å². The number of thioether (sulfide) groups is 1. The minimum Gasteiger partial charge on any atom is -0.465 e. The van der Waals surface area contributed by atoms with Crippen LogP contribution in [0.2, 0.25) is 0 Å². The molecule has 0 amide bonds. The van der Waals surface area contributed by atoms with E-state index in [0.29, 0.717) is 5.56 Å². The van der Waals surface area contributed by atoms with Gasteiger partial charge in [-0.25, -0.2) is 4.79 Å². The summed E-state index contributed by atoms with van der Waals surface area (Å²) in [6.07, 6.45) is 3.12. The fraction of sp³-hybridized carbons (Fsp3) is 0.417. The number of benzene rings is 1. The number of rotatable bonds is 6. The second-order valence-corrected chi connectivity index (χ2v) is 6.33. The van der Waals surface area contributed by atoms with Gasteiger partial charge < -0.3 is 10.1 Å². The Kier molecular flexibility index (Phi) is 7.11. The Hall–Kier alpha value is -0.200. The van der Waals surface area contributed by atoms with Gasteiger partial charge in [0.25, 0.3) is 0 Å². The van der Waals surface area contributed by atoms with Crippen molar-refractivity contribution in [1.29, 1.82) is 0 Å². The highest BCUT2D eigenvalue weighted by molar-refractivity contribution is 9.11. The van der Waals surface area contributed by atoms with Gasteiger partial charge >= 0.3 is 5.97 Å². The zero-order valence-electron chi connectivity index (χ0n) is 10.3. The Morgan fingerprint density at radius 1 is 1.44 bits per heavy atom. The van der Waals surface area contributed by atoms with E-state index in [4.69, 9.17) is 4.74 Å². The molecular weight excluding hydrogens is 382 g/mol. The van der Waals surface area contributed by atoms with Crippen LogP contribution in [0.15, 0.2) is 21.1 Å². The molecule has 0 aromatic heterocycles. The first-order valence-electron chi connectivity index (χ1n) is 5.40. The summed E-state index contributed by atoms with van der Waals surface area (Å²) in [5.74, 6) is 0.749. The molecule has 0 atom stereocenters. The van der Waals surface area contributed by atoms with E-state index < -0.39 is 0 Å². The summed E-state index contributed by atoms with van der Waals surface area (Å²) in [6.45, 7) is 0.824. The van der Waals surface area contributed by atoms with Crippen molar-refractivity contribution in [3.8, 4) is 0 Å². The van der Waals surface area contributed by atoms with Crippen LogP contribution >= 0.6 is 43.6 Å². The van der Waals surface area contributed by atoms with E-state index in [1.165, 1.54) is 7.11 Å². The number of carbonyl (C=O) groups is 1. The van der Waals surface area contributed by atoms with E-state index >= 15 is 0 Å². The standard InChI is InChI=1S/C12H15Br2NO2S/c1-17-12(16)9-6-8(13)7-10(14)11(9)15-4-3-5-18-2/h6-7,15H,3-5H2,1-2H3. The van der Waals surface area contributed by atoms with Crippen LogP contribution < -0.4 is 5.32 Å². The summed E-state index contributed by atoms with van der Waals surface area (Å²) in [4.78, 5) is 11.7. The maximum atomic E-state index is 11.7. The fourth-order valence-corrected chi connectivity index (χ4v) is 3.25. The summed E-state index contributed by atoms with van der Waals surface area (Å²) in [7, 11) is 1.38. The third kappa shape index (κ3) is 4.48. The minimum absolute atomic E-state index is 0.343. The topological polar surface area (TPSA) is 38.3 Å². The normalized spacial score (nSPS) is 10.2. The first-order valence-corrected chi connectivity index (χ1v) is 8.38. The maximum Gasteiger partial charge on any atom is 0.340 e. The maximum absolute atomic E-state index is 11.7. The van der Waals surface area contributed by atoms with Gasteiger partial charge in [0.2, 0.25) is 0 Å². The molecule has 18 heavy (non-hydrogen) atoms. The van der Waals surface area contributed by atoms with Gasteiger partial charge in [0, 0.05) is 15.5 Å². The van der Waals surface area contributed by atoms with Crippen LogP contribution in [0.1, 0.15) is 16.8 Å². The molecule has 0 heterocycles. The van der Waals surface area contributed by atoms with E-state index in [0.717, 1.165) is 33.4 Å². The van der Waals surface area contributed by atoms with Crippen LogP contribution in [0.4, 0.5) is 5.69 Å². The van der Waals surface area contributed by atoms with E-state index in [9.17, 15) is 4.79 Å². The van der Waals surface area contributed by atoms with Gasteiger partial charge in [-0.2, -0.15) is 11.8 Å². The van der Waals surface area contributed by atoms with E-state index in [2.05, 4.69) is 43.4 Å². The number of carbonyl (C=O) groups excluding carboxylic acids is 1. The van der Waals surface area contributed by atoms with Crippen LogP contribution in [0.3, 0.4) is 0 Å². The van der Waals surface area contributed by atoms with Crippen molar-refractivity contribution in [3.63, 3.8) is 0 Å². The molecule has 1 rings (SSSR count). The lowest BCUT2D eigenvalue weighted by Crippen LogP contribution is -2.10. The lowest BCUT2D eigenvalue weighted by atomic mass is 10.2. The zero-order valence-corrected chi connectivity index (χ0v) is 14.2. The molecule has 3 nitrogen and oxygen atoms in total. The molecule has 0 bridgehead atoms. The Balaban J connectivity index is 2.90. The number of nitrogens with one attached hydrogen (secondary N) is 1. The van der Waals surface area contributed by atoms with Gasteiger partial charge in [-0.05, 0) is 46.5 Å². The second-order valence-electron chi connectivity index (χ2n) is 3.57. The van der Waals surface area contributed by atoms with E-state index in [-0.39, 0.29) is 5.97 Å². The van der Waals surface area contributed by atoms with Gasteiger partial charge in [0.1, 0.15) is 0 Å². The van der Waals surface area contributed by atoms with Gasteiger partial charge in [-0.3, -0.25) is 0 Å². The summed E-state index contributed by atoms with van der Waals surface area (Å²) in [5, 5.41) is 3.28. The molecule has 0 saturated carbocycles. The highest BCUT2D eigenvalue weighted by Crippen LogP contribution is 2.31. The fourth-order valence-electron chi connectivity index (χ4n) is 1.45. The molecule has 0 aliphatic heterocycles. The molecule has 0 unspecified atom stereocenters. The molecule has 1 aromatic rings. The number of ether oxygens (including phenoxy) is 1. The van der Waals surface area contributed by atoms with Crippen molar-refractivity contribution >= 4 is 55.3 Å². The van der Waals surface area contributed by atoms with Crippen LogP contribution in [0, 0.1) is 0 Å². The molecule has 0 saturated heterocycles. The number of methoxy groups -OCH3 is 1. The van der Waals surface area contributed by atoms with Gasteiger partial charge in [-0.1, -0.05) is 15.9 Å². The van der Waals surface area contributed by atoms with Crippen LogP contribution in [0.25, 0.3) is 0 Å². The summed E-state index contributed by atoms with van der Waals surface area (Å²) >= 11 is 8.64. The molecule has 0 aliphatic carbocycles. The van der Waals surface area contributed by atoms with Gasteiger partial charge in [0.05, 0.1) is 18.4 Å². The smallest absolute Gasteiger partial charge is 0.340 e. The summed E-state index contributed by atoms with van der Waals surface area (Å²) in [5.41, 5.74) is 1.31. The largest absolute Gasteiger partial charge is 0.465 e. The van der Waals surface area contributed by atoms with Crippen LogP contribution in [0.5, 0.6) is 0 Å². The van der Waals surface area contributed by atoms with Crippen molar-refractivity contribution in [2.45, 2.75) is 6.42 Å². The molecule has 100 valence electrons. The molecule has 0 spiro atoms. The average molecular weight is 397 g/mol. The van der Waals surface area contributed by atoms with E-state index in [1.54, 1.807) is 6.07 Å². The van der Waals surface area contributed by atoms with E-state index in [1.807, 2.05) is 17.8 Å². The number of hydrogen-bond acceptors (Lipinski definition) is 4. The minimum atomic E-state index is -0.343. The second kappa shape index (κ2) is 8.07. The Bertz CT molecular complexity index is 427. The molecule has 1 aromatic carbocycles. The lowest BCUT2D eigenvalue weighted by Gasteiger charge is -2.13. The number of hydrogen-bond donors (Lipinski definition) is 1. The van der Waals surface area contributed by atoms with Crippen molar-refractivity contribution < 1.29 is 9.53 Å². The Morgan fingerprint density at radius 2 is 2.17 bits per heavy atom. The summed E-state index contributed by atoms with van der Waals surface area (Å²) < 4.78 is 6.48. The van der Waals surface area contributed by atoms with Gasteiger partial charge in [-0.15, -0.1) is 0 Å². The monoisotopic (exact) mass is 395 g/mol. The predicted octanol–water partition coefficient (Wildman–Crippen LogP) is 4.16. The number of anilines is 1. The Morgan fingerprint density at radius 3 is 2.78 bits per heavy atom. The third-order valence-electron chi connectivity index (χ3n) is 2.29. The SMILES string of the molecule is COC(=O)c1cc(Br)cc(Br)c1NCCCSC. The first kappa shape index (κ1) is 15.9. The molecule has 0 aliphatic rings. The lowest BCUT2D eigenvalue weighted by molar-refractivity contribution is 0.0601. The molecular formula is C12H15Br2NO2S. The van der Waals surface area contributed by atoms with Crippen molar-refractivity contribution in [2.24, 2.45) is 0 Å². The molecule has 1 N–H and O–H groups in total. The Labute approximate surface area is 128 Å². The zero-order chi connectivity index (χ0) is 13.5. The summed E-state index contributed by atoms with van der Waals surface area (Å²) in [6, 6.07) is 3.66. The number of halogens is 2. The average Bonchev–Trinajstić information content (AvgIpc) is 2.35. The molecule has 0 radical (unpaired) electrons. The third-order valence-corrected chi connectivity index (χ3v) is 4.07. The van der Waals surface area contributed by atoms with Crippen molar-refractivity contribution in [1.82, 2.24) is 0 Å². The van der Waals surface area contributed by atoms with Crippen LogP contribution in [-0.2, 0) is 4.74 Å². The molecule has 0 fully saturated rings. The highest BCUT2D eigenvalue weighted by Gasteiger charge is 2.15. The first-order chi connectivity index (χ1) is 8.60.